The molecule has 4 heteroatoms. The van der Waals surface area contributed by atoms with Crippen LogP contribution in [0.1, 0.15) is 12.5 Å². The number of carbonyl (C=O) groups excluding carboxylic acids is 1. The fourth-order valence-electron chi connectivity index (χ4n) is 1.33. The Morgan fingerprint density at radius 3 is 2.80 bits per heavy atom. The number of Topliss-reactive ketones (excluding diaryl/α,β-unsaturated/α-hetero) is 1. The van der Waals surface area contributed by atoms with Gasteiger partial charge in [-0.3, -0.25) is 4.79 Å². The maximum absolute atomic E-state index is 11.3. The van der Waals surface area contributed by atoms with Gasteiger partial charge in [0.15, 0.2) is 5.78 Å². The Morgan fingerprint density at radius 1 is 1.60 bits per heavy atom. The molecule has 0 saturated heterocycles. The van der Waals surface area contributed by atoms with E-state index in [4.69, 9.17) is 22.4 Å². The predicted molar refractivity (Wildman–Crippen MR) is 59.8 cm³/mol. The van der Waals surface area contributed by atoms with Gasteiger partial charge in [0, 0.05) is 5.02 Å². The Hall–Kier alpha value is -0.900. The number of aliphatic hydroxyl groups is 1. The second-order valence-corrected chi connectivity index (χ2v) is 3.96. The van der Waals surface area contributed by atoms with Crippen LogP contribution in [0.5, 0.6) is 0 Å². The lowest BCUT2D eigenvalue weighted by molar-refractivity contribution is -0.127. The Labute approximate surface area is 93.9 Å². The fourth-order valence-corrected chi connectivity index (χ4v) is 1.54. The van der Waals surface area contributed by atoms with Gasteiger partial charge < -0.3 is 10.8 Å². The summed E-state index contributed by atoms with van der Waals surface area (Å²) >= 11 is 5.80. The maximum atomic E-state index is 11.3. The molecule has 1 aromatic carbocycles. The van der Waals surface area contributed by atoms with Crippen molar-refractivity contribution >= 4 is 17.4 Å². The van der Waals surface area contributed by atoms with Gasteiger partial charge in [-0.25, -0.2) is 0 Å². The zero-order chi connectivity index (χ0) is 11.4. The lowest BCUT2D eigenvalue weighted by atomic mass is 10.0. The Kier molecular flexibility index (Phi) is 4.27. The van der Waals surface area contributed by atoms with E-state index in [-0.39, 0.29) is 5.78 Å². The molecule has 0 aliphatic carbocycles. The minimum Gasteiger partial charge on any atom is -0.386 e. The van der Waals surface area contributed by atoms with Gasteiger partial charge in [-0.1, -0.05) is 23.7 Å². The van der Waals surface area contributed by atoms with Crippen LogP contribution in [-0.2, 0) is 11.2 Å². The molecule has 1 rings (SSSR count). The van der Waals surface area contributed by atoms with Crippen LogP contribution in [0.4, 0.5) is 0 Å². The van der Waals surface area contributed by atoms with E-state index in [9.17, 15) is 4.79 Å². The summed E-state index contributed by atoms with van der Waals surface area (Å²) in [6.45, 7) is 1.42. The SMILES string of the molecule is CC(O)C(=O)C(N)Cc1cccc(Cl)c1. The van der Waals surface area contributed by atoms with E-state index in [1.807, 2.05) is 6.07 Å². The Morgan fingerprint density at radius 2 is 2.27 bits per heavy atom. The number of aliphatic hydroxyl groups excluding tert-OH is 1. The topological polar surface area (TPSA) is 63.3 Å². The lowest BCUT2D eigenvalue weighted by Gasteiger charge is -2.12. The van der Waals surface area contributed by atoms with Crippen molar-refractivity contribution in [3.8, 4) is 0 Å². The molecule has 0 aromatic heterocycles. The summed E-state index contributed by atoms with van der Waals surface area (Å²) in [5.41, 5.74) is 6.54. The van der Waals surface area contributed by atoms with Gasteiger partial charge in [-0.05, 0) is 31.0 Å². The van der Waals surface area contributed by atoms with Gasteiger partial charge in [-0.15, -0.1) is 0 Å². The molecular formula is C11H14ClNO2. The van der Waals surface area contributed by atoms with Crippen molar-refractivity contribution in [2.24, 2.45) is 5.73 Å². The highest BCUT2D eigenvalue weighted by Gasteiger charge is 2.18. The Balaban J connectivity index is 2.66. The summed E-state index contributed by atoms with van der Waals surface area (Å²) in [7, 11) is 0. The third-order valence-corrected chi connectivity index (χ3v) is 2.36. The number of hydrogen-bond acceptors (Lipinski definition) is 3. The minimum absolute atomic E-state index is 0.352. The van der Waals surface area contributed by atoms with E-state index in [2.05, 4.69) is 0 Å². The van der Waals surface area contributed by atoms with Crippen LogP contribution < -0.4 is 5.73 Å². The molecule has 1 aromatic rings. The van der Waals surface area contributed by atoms with Crippen LogP contribution in [-0.4, -0.2) is 23.0 Å². The van der Waals surface area contributed by atoms with E-state index >= 15 is 0 Å². The first-order valence-corrected chi connectivity index (χ1v) is 5.10. The molecule has 0 aliphatic rings. The van der Waals surface area contributed by atoms with E-state index in [1.165, 1.54) is 6.92 Å². The van der Waals surface area contributed by atoms with Crippen molar-refractivity contribution in [2.45, 2.75) is 25.5 Å². The molecule has 82 valence electrons. The molecule has 0 spiro atoms. The molecule has 0 aliphatic heterocycles. The number of benzene rings is 1. The van der Waals surface area contributed by atoms with Gasteiger partial charge in [0.2, 0.25) is 0 Å². The molecule has 2 atom stereocenters. The first-order valence-electron chi connectivity index (χ1n) is 4.72. The summed E-state index contributed by atoms with van der Waals surface area (Å²) in [6, 6.07) is 6.49. The van der Waals surface area contributed by atoms with Crippen molar-refractivity contribution in [1.82, 2.24) is 0 Å². The van der Waals surface area contributed by atoms with E-state index in [0.717, 1.165) is 5.56 Å². The van der Waals surface area contributed by atoms with Crippen LogP contribution >= 0.6 is 11.6 Å². The number of hydrogen-bond donors (Lipinski definition) is 2. The fraction of sp³-hybridized carbons (Fsp3) is 0.364. The van der Waals surface area contributed by atoms with Crippen molar-refractivity contribution in [1.29, 1.82) is 0 Å². The standard InChI is InChI=1S/C11H14ClNO2/c1-7(14)11(15)10(13)6-8-3-2-4-9(12)5-8/h2-5,7,10,14H,6,13H2,1H3. The highest BCUT2D eigenvalue weighted by atomic mass is 35.5. The van der Waals surface area contributed by atoms with Crippen molar-refractivity contribution in [2.75, 3.05) is 0 Å². The molecule has 3 N–H and O–H groups in total. The predicted octanol–water partition coefficient (Wildman–Crippen LogP) is 1.16. The van der Waals surface area contributed by atoms with Gasteiger partial charge in [0.25, 0.3) is 0 Å². The number of rotatable bonds is 4. The van der Waals surface area contributed by atoms with Gasteiger partial charge in [0.05, 0.1) is 6.04 Å². The number of carbonyl (C=O) groups is 1. The highest BCUT2D eigenvalue weighted by Crippen LogP contribution is 2.12. The number of halogens is 1. The van der Waals surface area contributed by atoms with Crippen LogP contribution in [0.3, 0.4) is 0 Å². The van der Waals surface area contributed by atoms with E-state index in [1.54, 1.807) is 18.2 Å². The third kappa shape index (κ3) is 3.63. The first kappa shape index (κ1) is 12.2. The smallest absolute Gasteiger partial charge is 0.177 e. The zero-order valence-corrected chi connectivity index (χ0v) is 9.24. The van der Waals surface area contributed by atoms with Gasteiger partial charge in [0.1, 0.15) is 6.10 Å². The Bertz CT molecular complexity index is 352. The average molecular weight is 228 g/mol. The summed E-state index contributed by atoms with van der Waals surface area (Å²) in [4.78, 5) is 11.3. The number of nitrogens with two attached hydrogens (primary N) is 1. The second-order valence-electron chi connectivity index (χ2n) is 3.52. The molecule has 0 amide bonds. The zero-order valence-electron chi connectivity index (χ0n) is 8.48. The molecular weight excluding hydrogens is 214 g/mol. The molecule has 0 fully saturated rings. The molecule has 0 heterocycles. The normalized spacial score (nSPS) is 14.7. The molecule has 15 heavy (non-hydrogen) atoms. The van der Waals surface area contributed by atoms with E-state index in [0.29, 0.717) is 11.4 Å². The van der Waals surface area contributed by atoms with Gasteiger partial charge >= 0.3 is 0 Å². The summed E-state index contributed by atoms with van der Waals surface area (Å²) in [5.74, 6) is -0.352. The van der Waals surface area contributed by atoms with Crippen LogP contribution in [0.2, 0.25) is 5.02 Å². The van der Waals surface area contributed by atoms with E-state index < -0.39 is 12.1 Å². The molecule has 2 unspecified atom stereocenters. The summed E-state index contributed by atoms with van der Waals surface area (Å²) in [6.07, 6.45) is -0.621. The lowest BCUT2D eigenvalue weighted by Crippen LogP contribution is -2.38. The van der Waals surface area contributed by atoms with Crippen molar-refractivity contribution < 1.29 is 9.90 Å². The quantitative estimate of drug-likeness (QED) is 0.812. The summed E-state index contributed by atoms with van der Waals surface area (Å²) < 4.78 is 0. The van der Waals surface area contributed by atoms with Crippen molar-refractivity contribution in [3.05, 3.63) is 34.9 Å². The highest BCUT2D eigenvalue weighted by molar-refractivity contribution is 6.30. The molecule has 0 radical (unpaired) electrons. The molecule has 0 saturated carbocycles. The minimum atomic E-state index is -1.01. The average Bonchev–Trinajstić information content (AvgIpc) is 2.16. The van der Waals surface area contributed by atoms with Gasteiger partial charge in [-0.2, -0.15) is 0 Å². The summed E-state index contributed by atoms with van der Waals surface area (Å²) in [5, 5.41) is 9.68. The largest absolute Gasteiger partial charge is 0.386 e. The van der Waals surface area contributed by atoms with Crippen molar-refractivity contribution in [3.63, 3.8) is 0 Å². The molecule has 3 nitrogen and oxygen atoms in total. The third-order valence-electron chi connectivity index (χ3n) is 2.12. The maximum Gasteiger partial charge on any atom is 0.177 e. The van der Waals surface area contributed by atoms with Crippen LogP contribution in [0, 0.1) is 0 Å². The first-order chi connectivity index (χ1) is 7.00. The van der Waals surface area contributed by atoms with Crippen LogP contribution in [0.25, 0.3) is 0 Å². The van der Waals surface area contributed by atoms with Crippen LogP contribution in [0.15, 0.2) is 24.3 Å². The number of ketones is 1. The monoisotopic (exact) mass is 227 g/mol. The second kappa shape index (κ2) is 5.26. The molecule has 0 bridgehead atoms.